The number of unbranched alkanes of at least 4 members (excludes halogenated alkanes) is 1. The highest BCUT2D eigenvalue weighted by atomic mass is 32.2. The van der Waals surface area contributed by atoms with Crippen molar-refractivity contribution < 1.29 is 0 Å². The zero-order chi connectivity index (χ0) is 11.8. The SMILES string of the molecule is CCC1CCN(CCCCSC)C(CN)C1. The van der Waals surface area contributed by atoms with E-state index in [1.165, 1.54) is 50.9 Å². The van der Waals surface area contributed by atoms with E-state index in [0.29, 0.717) is 6.04 Å². The minimum atomic E-state index is 0.660. The van der Waals surface area contributed by atoms with E-state index in [-0.39, 0.29) is 0 Å². The van der Waals surface area contributed by atoms with E-state index < -0.39 is 0 Å². The largest absolute Gasteiger partial charge is 0.329 e. The molecule has 1 rings (SSSR count). The summed E-state index contributed by atoms with van der Waals surface area (Å²) in [6.45, 7) is 5.70. The van der Waals surface area contributed by atoms with Gasteiger partial charge in [-0.1, -0.05) is 13.3 Å². The number of nitrogens with zero attached hydrogens (tertiary/aromatic N) is 1. The van der Waals surface area contributed by atoms with Gasteiger partial charge in [0.05, 0.1) is 0 Å². The van der Waals surface area contributed by atoms with Crippen molar-refractivity contribution in [2.24, 2.45) is 11.7 Å². The molecule has 3 heteroatoms. The molecular weight excluding hydrogens is 216 g/mol. The van der Waals surface area contributed by atoms with Crippen molar-refractivity contribution in [3.63, 3.8) is 0 Å². The molecule has 2 atom stereocenters. The normalized spacial score (nSPS) is 27.2. The van der Waals surface area contributed by atoms with Gasteiger partial charge in [-0.3, -0.25) is 4.90 Å². The molecule has 0 bridgehead atoms. The molecule has 0 aromatic rings. The highest BCUT2D eigenvalue weighted by Crippen LogP contribution is 2.25. The van der Waals surface area contributed by atoms with Gasteiger partial charge in [0.15, 0.2) is 0 Å². The lowest BCUT2D eigenvalue weighted by molar-refractivity contribution is 0.113. The first kappa shape index (κ1) is 14.3. The lowest BCUT2D eigenvalue weighted by atomic mass is 9.89. The molecule has 1 aliphatic heterocycles. The topological polar surface area (TPSA) is 29.3 Å². The van der Waals surface area contributed by atoms with Crippen molar-refractivity contribution in [3.05, 3.63) is 0 Å². The summed E-state index contributed by atoms with van der Waals surface area (Å²) in [4.78, 5) is 2.63. The third-order valence-electron chi connectivity index (χ3n) is 3.84. The maximum atomic E-state index is 5.90. The summed E-state index contributed by atoms with van der Waals surface area (Å²) in [7, 11) is 0. The van der Waals surface area contributed by atoms with Crippen LogP contribution in [0.3, 0.4) is 0 Å². The summed E-state index contributed by atoms with van der Waals surface area (Å²) in [6.07, 6.45) is 8.93. The van der Waals surface area contributed by atoms with E-state index in [2.05, 4.69) is 18.1 Å². The second-order valence-corrected chi connectivity index (χ2v) is 5.91. The van der Waals surface area contributed by atoms with Crippen LogP contribution >= 0.6 is 11.8 Å². The van der Waals surface area contributed by atoms with Crippen molar-refractivity contribution in [2.45, 2.75) is 45.1 Å². The molecule has 0 amide bonds. The van der Waals surface area contributed by atoms with Gasteiger partial charge < -0.3 is 5.73 Å². The minimum Gasteiger partial charge on any atom is -0.329 e. The quantitative estimate of drug-likeness (QED) is 0.698. The number of thioether (sulfide) groups is 1. The van der Waals surface area contributed by atoms with Crippen LogP contribution in [0.5, 0.6) is 0 Å². The van der Waals surface area contributed by atoms with Crippen molar-refractivity contribution in [1.82, 2.24) is 4.90 Å². The van der Waals surface area contributed by atoms with Gasteiger partial charge >= 0.3 is 0 Å². The fourth-order valence-electron chi connectivity index (χ4n) is 2.65. The predicted molar refractivity (Wildman–Crippen MR) is 75.0 cm³/mol. The second-order valence-electron chi connectivity index (χ2n) is 4.92. The standard InChI is InChI=1S/C13H28N2S/c1-3-12-6-8-15(13(10-12)11-14)7-4-5-9-16-2/h12-13H,3-11,14H2,1-2H3. The molecule has 16 heavy (non-hydrogen) atoms. The predicted octanol–water partition coefficient (Wildman–Crippen LogP) is 2.58. The molecule has 0 spiro atoms. The molecule has 0 aromatic heterocycles. The first-order valence-corrected chi connectivity index (χ1v) is 8.14. The van der Waals surface area contributed by atoms with Crippen LogP contribution in [0.1, 0.15) is 39.0 Å². The number of rotatable bonds is 7. The van der Waals surface area contributed by atoms with Crippen LogP contribution in [-0.2, 0) is 0 Å². The summed E-state index contributed by atoms with van der Waals surface area (Å²) in [6, 6.07) is 0.660. The van der Waals surface area contributed by atoms with Crippen LogP contribution in [0.4, 0.5) is 0 Å². The number of likely N-dealkylation sites (tertiary alicyclic amines) is 1. The third-order valence-corrected chi connectivity index (χ3v) is 4.54. The van der Waals surface area contributed by atoms with Gasteiger partial charge in [-0.05, 0) is 56.7 Å². The van der Waals surface area contributed by atoms with Crippen LogP contribution in [0.2, 0.25) is 0 Å². The van der Waals surface area contributed by atoms with E-state index in [1.807, 2.05) is 11.8 Å². The Hall–Kier alpha value is 0.270. The van der Waals surface area contributed by atoms with Crippen molar-refractivity contribution in [3.8, 4) is 0 Å². The molecular formula is C13H28N2S. The van der Waals surface area contributed by atoms with Crippen LogP contribution in [0.15, 0.2) is 0 Å². The first-order valence-electron chi connectivity index (χ1n) is 6.74. The lowest BCUT2D eigenvalue weighted by Crippen LogP contribution is -2.46. The molecule has 1 aliphatic rings. The molecule has 1 heterocycles. The summed E-state index contributed by atoms with van der Waals surface area (Å²) >= 11 is 1.96. The van der Waals surface area contributed by atoms with Gasteiger partial charge in [-0.2, -0.15) is 11.8 Å². The Bertz CT molecular complexity index is 175. The van der Waals surface area contributed by atoms with Crippen LogP contribution in [-0.4, -0.2) is 42.6 Å². The summed E-state index contributed by atoms with van der Waals surface area (Å²) in [5, 5.41) is 0. The highest BCUT2D eigenvalue weighted by molar-refractivity contribution is 7.98. The average molecular weight is 244 g/mol. The van der Waals surface area contributed by atoms with Gasteiger partial charge in [-0.15, -0.1) is 0 Å². The van der Waals surface area contributed by atoms with E-state index in [0.717, 1.165) is 12.5 Å². The molecule has 96 valence electrons. The highest BCUT2D eigenvalue weighted by Gasteiger charge is 2.25. The fourth-order valence-corrected chi connectivity index (χ4v) is 3.15. The van der Waals surface area contributed by atoms with E-state index >= 15 is 0 Å². The monoisotopic (exact) mass is 244 g/mol. The van der Waals surface area contributed by atoms with Crippen LogP contribution in [0.25, 0.3) is 0 Å². The van der Waals surface area contributed by atoms with Gasteiger partial charge in [0, 0.05) is 12.6 Å². The summed E-state index contributed by atoms with van der Waals surface area (Å²) in [5.41, 5.74) is 5.90. The molecule has 2 N–H and O–H groups in total. The molecule has 1 fully saturated rings. The van der Waals surface area contributed by atoms with E-state index in [4.69, 9.17) is 5.73 Å². The Morgan fingerprint density at radius 1 is 1.38 bits per heavy atom. The van der Waals surface area contributed by atoms with Crippen LogP contribution < -0.4 is 5.73 Å². The van der Waals surface area contributed by atoms with Gasteiger partial charge in [0.1, 0.15) is 0 Å². The van der Waals surface area contributed by atoms with E-state index in [9.17, 15) is 0 Å². The molecule has 0 radical (unpaired) electrons. The first-order chi connectivity index (χ1) is 7.81. The second kappa shape index (κ2) is 8.37. The zero-order valence-electron chi connectivity index (χ0n) is 11.0. The van der Waals surface area contributed by atoms with E-state index in [1.54, 1.807) is 0 Å². The zero-order valence-corrected chi connectivity index (χ0v) is 11.8. The molecule has 0 aliphatic carbocycles. The summed E-state index contributed by atoms with van der Waals surface area (Å²) in [5.74, 6) is 2.23. The Labute approximate surface area is 105 Å². The number of nitrogens with two attached hydrogens (primary N) is 1. The Morgan fingerprint density at radius 2 is 2.19 bits per heavy atom. The molecule has 1 saturated heterocycles. The average Bonchev–Trinajstić information content (AvgIpc) is 2.34. The smallest absolute Gasteiger partial charge is 0.0221 e. The molecule has 2 nitrogen and oxygen atoms in total. The van der Waals surface area contributed by atoms with Crippen molar-refractivity contribution in [1.29, 1.82) is 0 Å². The van der Waals surface area contributed by atoms with Gasteiger partial charge in [0.2, 0.25) is 0 Å². The van der Waals surface area contributed by atoms with Gasteiger partial charge in [-0.25, -0.2) is 0 Å². The summed E-state index contributed by atoms with van der Waals surface area (Å²) < 4.78 is 0. The number of hydrogen-bond donors (Lipinski definition) is 1. The number of hydrogen-bond acceptors (Lipinski definition) is 3. The minimum absolute atomic E-state index is 0.660. The fraction of sp³-hybridized carbons (Fsp3) is 1.00. The molecule has 0 saturated carbocycles. The Morgan fingerprint density at radius 3 is 2.81 bits per heavy atom. The van der Waals surface area contributed by atoms with Gasteiger partial charge in [0.25, 0.3) is 0 Å². The van der Waals surface area contributed by atoms with Crippen molar-refractivity contribution in [2.75, 3.05) is 31.6 Å². The Balaban J connectivity index is 2.24. The van der Waals surface area contributed by atoms with Crippen molar-refractivity contribution >= 4 is 11.8 Å². The maximum absolute atomic E-state index is 5.90. The number of piperidine rings is 1. The lowest BCUT2D eigenvalue weighted by Gasteiger charge is -2.38. The Kier molecular flexibility index (Phi) is 7.50. The molecule has 0 aromatic carbocycles. The molecule has 2 unspecified atom stereocenters. The third kappa shape index (κ3) is 4.64. The maximum Gasteiger partial charge on any atom is 0.0221 e. The van der Waals surface area contributed by atoms with Crippen LogP contribution in [0, 0.1) is 5.92 Å².